The average molecular weight is 360 g/mol. The first kappa shape index (κ1) is 15.5. The topological polar surface area (TPSA) is 57.6 Å². The fourth-order valence-corrected chi connectivity index (χ4v) is 4.13. The summed E-state index contributed by atoms with van der Waals surface area (Å²) >= 11 is 4.95. The number of carboxylic acid groups (broad SMARTS) is 1. The lowest BCUT2D eigenvalue weighted by atomic mass is 9.89. The quantitative estimate of drug-likeness (QED) is 0.901. The molecule has 1 aliphatic heterocycles. The zero-order chi connectivity index (χ0) is 14.9. The molecular formula is C14H18BrNO3S. The van der Waals surface area contributed by atoms with Gasteiger partial charge in [0, 0.05) is 18.0 Å². The van der Waals surface area contributed by atoms with Gasteiger partial charge in [-0.15, -0.1) is 11.3 Å². The van der Waals surface area contributed by atoms with Crippen LogP contribution in [0.5, 0.6) is 0 Å². The van der Waals surface area contributed by atoms with Gasteiger partial charge in [-0.25, -0.2) is 0 Å². The van der Waals surface area contributed by atoms with E-state index in [9.17, 15) is 14.7 Å². The van der Waals surface area contributed by atoms with Crippen LogP contribution < -0.4 is 0 Å². The van der Waals surface area contributed by atoms with E-state index in [-0.39, 0.29) is 17.7 Å². The van der Waals surface area contributed by atoms with Gasteiger partial charge in [0.2, 0.25) is 5.91 Å². The number of rotatable bonds is 3. The number of piperidine rings is 1. The van der Waals surface area contributed by atoms with E-state index in [0.717, 1.165) is 8.66 Å². The second-order valence-electron chi connectivity index (χ2n) is 5.48. The predicted molar refractivity (Wildman–Crippen MR) is 81.9 cm³/mol. The maximum Gasteiger partial charge on any atom is 0.308 e. The van der Waals surface area contributed by atoms with Crippen LogP contribution in [0.3, 0.4) is 0 Å². The Morgan fingerprint density at radius 1 is 1.45 bits per heavy atom. The summed E-state index contributed by atoms with van der Waals surface area (Å²) in [5.74, 6) is -1.20. The molecule has 1 aromatic rings. The summed E-state index contributed by atoms with van der Waals surface area (Å²) in [6.07, 6.45) is 0.651. The van der Waals surface area contributed by atoms with Crippen LogP contribution in [-0.4, -0.2) is 35.0 Å². The van der Waals surface area contributed by atoms with Gasteiger partial charge in [0.25, 0.3) is 0 Å². The number of carbonyl (C=O) groups is 2. The molecule has 1 aliphatic rings. The summed E-state index contributed by atoms with van der Waals surface area (Å²) in [5.41, 5.74) is 0. The normalized spacial score (nSPS) is 24.4. The highest BCUT2D eigenvalue weighted by Gasteiger charge is 2.34. The van der Waals surface area contributed by atoms with E-state index in [0.29, 0.717) is 19.5 Å². The molecule has 6 heteroatoms. The van der Waals surface area contributed by atoms with Crippen molar-refractivity contribution in [3.63, 3.8) is 0 Å². The lowest BCUT2D eigenvalue weighted by molar-refractivity contribution is -0.147. The van der Waals surface area contributed by atoms with E-state index in [1.54, 1.807) is 16.2 Å². The Bertz CT molecular complexity index is 516. The molecule has 110 valence electrons. The Morgan fingerprint density at radius 3 is 2.70 bits per heavy atom. The summed E-state index contributed by atoms with van der Waals surface area (Å²) < 4.78 is 1.00. The van der Waals surface area contributed by atoms with Crippen molar-refractivity contribution >= 4 is 39.1 Å². The first-order valence-corrected chi connectivity index (χ1v) is 8.26. The van der Waals surface area contributed by atoms with Crippen molar-refractivity contribution in [2.45, 2.75) is 26.2 Å². The minimum atomic E-state index is -0.805. The third-order valence-electron chi connectivity index (χ3n) is 3.71. The van der Waals surface area contributed by atoms with Gasteiger partial charge in [-0.05, 0) is 47.3 Å². The van der Waals surface area contributed by atoms with Crippen molar-refractivity contribution in [3.8, 4) is 0 Å². The van der Waals surface area contributed by atoms with E-state index in [1.807, 2.05) is 26.0 Å². The third-order valence-corrected chi connectivity index (χ3v) is 5.52. The Morgan fingerprint density at radius 2 is 2.15 bits per heavy atom. The SMILES string of the molecule is CC1CC(C(=O)O)CN(C(=O)C(C)c2ccc(Br)s2)C1. The number of hydrogen-bond acceptors (Lipinski definition) is 3. The smallest absolute Gasteiger partial charge is 0.308 e. The van der Waals surface area contributed by atoms with Crippen molar-refractivity contribution in [2.24, 2.45) is 11.8 Å². The highest BCUT2D eigenvalue weighted by Crippen LogP contribution is 2.31. The summed E-state index contributed by atoms with van der Waals surface area (Å²) in [5, 5.41) is 9.17. The summed E-state index contributed by atoms with van der Waals surface area (Å²) in [4.78, 5) is 26.4. The van der Waals surface area contributed by atoms with Gasteiger partial charge >= 0.3 is 5.97 Å². The number of thiophene rings is 1. The first-order valence-electron chi connectivity index (χ1n) is 6.65. The van der Waals surface area contributed by atoms with Gasteiger partial charge < -0.3 is 10.0 Å². The molecule has 1 saturated heterocycles. The van der Waals surface area contributed by atoms with Gasteiger partial charge in [-0.3, -0.25) is 9.59 Å². The number of hydrogen-bond donors (Lipinski definition) is 1. The Kier molecular flexibility index (Phi) is 4.86. The number of halogens is 1. The monoisotopic (exact) mass is 359 g/mol. The minimum Gasteiger partial charge on any atom is -0.481 e. The molecule has 2 rings (SSSR count). The van der Waals surface area contributed by atoms with Gasteiger partial charge in [0.05, 0.1) is 15.6 Å². The molecule has 0 saturated carbocycles. The number of aliphatic carboxylic acids is 1. The number of amides is 1. The lowest BCUT2D eigenvalue weighted by Crippen LogP contribution is -2.46. The van der Waals surface area contributed by atoms with E-state index in [1.165, 1.54) is 0 Å². The fraction of sp³-hybridized carbons (Fsp3) is 0.571. The van der Waals surface area contributed by atoms with Crippen LogP contribution in [0.4, 0.5) is 0 Å². The van der Waals surface area contributed by atoms with Crippen molar-refractivity contribution < 1.29 is 14.7 Å². The van der Waals surface area contributed by atoms with Crippen LogP contribution in [0.25, 0.3) is 0 Å². The van der Waals surface area contributed by atoms with Gasteiger partial charge in [0.1, 0.15) is 0 Å². The second-order valence-corrected chi connectivity index (χ2v) is 7.98. The van der Waals surface area contributed by atoms with Gasteiger partial charge in [-0.2, -0.15) is 0 Å². The highest BCUT2D eigenvalue weighted by atomic mass is 79.9. The van der Waals surface area contributed by atoms with E-state index >= 15 is 0 Å². The van der Waals surface area contributed by atoms with Crippen molar-refractivity contribution in [3.05, 3.63) is 20.8 Å². The Balaban J connectivity index is 2.09. The van der Waals surface area contributed by atoms with Crippen LogP contribution >= 0.6 is 27.3 Å². The number of likely N-dealkylation sites (tertiary alicyclic amines) is 1. The zero-order valence-electron chi connectivity index (χ0n) is 11.5. The molecule has 20 heavy (non-hydrogen) atoms. The lowest BCUT2D eigenvalue weighted by Gasteiger charge is -2.36. The summed E-state index contributed by atoms with van der Waals surface area (Å²) in [6, 6.07) is 3.88. The molecule has 0 bridgehead atoms. The number of nitrogens with zero attached hydrogens (tertiary/aromatic N) is 1. The molecule has 1 amide bonds. The molecule has 1 aromatic heterocycles. The minimum absolute atomic E-state index is 0.0251. The maximum absolute atomic E-state index is 12.5. The van der Waals surface area contributed by atoms with Crippen LogP contribution in [0, 0.1) is 11.8 Å². The molecule has 4 nitrogen and oxygen atoms in total. The summed E-state index contributed by atoms with van der Waals surface area (Å²) in [6.45, 7) is 4.87. The van der Waals surface area contributed by atoms with Crippen molar-refractivity contribution in [1.82, 2.24) is 4.90 Å². The number of carbonyl (C=O) groups excluding carboxylic acids is 1. The van der Waals surface area contributed by atoms with Crippen molar-refractivity contribution in [1.29, 1.82) is 0 Å². The van der Waals surface area contributed by atoms with Gasteiger partial charge in [-0.1, -0.05) is 6.92 Å². The van der Waals surface area contributed by atoms with Crippen LogP contribution in [-0.2, 0) is 9.59 Å². The molecule has 0 radical (unpaired) electrons. The molecule has 0 spiro atoms. The van der Waals surface area contributed by atoms with E-state index in [4.69, 9.17) is 0 Å². The van der Waals surface area contributed by atoms with E-state index < -0.39 is 11.9 Å². The van der Waals surface area contributed by atoms with Crippen molar-refractivity contribution in [2.75, 3.05) is 13.1 Å². The molecule has 2 heterocycles. The Hall–Kier alpha value is -0.880. The molecule has 1 N–H and O–H groups in total. The van der Waals surface area contributed by atoms with Gasteiger partial charge in [0.15, 0.2) is 0 Å². The number of carboxylic acids is 1. The predicted octanol–water partition coefficient (Wildman–Crippen LogP) is 3.18. The second kappa shape index (κ2) is 6.26. The average Bonchev–Trinajstić information content (AvgIpc) is 2.83. The van der Waals surface area contributed by atoms with Crippen LogP contribution in [0.2, 0.25) is 0 Å². The van der Waals surface area contributed by atoms with Crippen LogP contribution in [0.1, 0.15) is 31.1 Å². The van der Waals surface area contributed by atoms with Crippen LogP contribution in [0.15, 0.2) is 15.9 Å². The standard InChI is InChI=1S/C14H18BrNO3S/c1-8-5-10(14(18)19)7-16(6-8)13(17)9(2)11-3-4-12(15)20-11/h3-4,8-10H,5-7H2,1-2H3,(H,18,19). The molecule has 0 aromatic carbocycles. The molecule has 3 atom stereocenters. The zero-order valence-corrected chi connectivity index (χ0v) is 13.9. The molecular weight excluding hydrogens is 342 g/mol. The van der Waals surface area contributed by atoms with E-state index in [2.05, 4.69) is 15.9 Å². The fourth-order valence-electron chi connectivity index (χ4n) is 2.67. The largest absolute Gasteiger partial charge is 0.481 e. The highest BCUT2D eigenvalue weighted by molar-refractivity contribution is 9.11. The molecule has 0 aliphatic carbocycles. The third kappa shape index (κ3) is 3.41. The Labute approximate surface area is 130 Å². The summed E-state index contributed by atoms with van der Waals surface area (Å²) in [7, 11) is 0. The first-order chi connectivity index (χ1) is 9.38. The maximum atomic E-state index is 12.5. The molecule has 1 fully saturated rings. The molecule has 3 unspecified atom stereocenters.